The van der Waals surface area contributed by atoms with E-state index in [2.05, 4.69) is 0 Å². The smallest absolute Gasteiger partial charge is 0.337 e. The number of carboxylic acid groups (broad SMARTS) is 1. The molecule has 0 amide bonds. The maximum atomic E-state index is 11.2. The van der Waals surface area contributed by atoms with Crippen molar-refractivity contribution in [3.8, 4) is 11.5 Å². The molecule has 2 aromatic carbocycles. The fourth-order valence-electron chi connectivity index (χ4n) is 2.06. The number of anilines is 1. The highest BCUT2D eigenvalue weighted by Gasteiger charge is 2.13. The number of benzene rings is 2. The number of aliphatic hydroxyl groups is 1. The van der Waals surface area contributed by atoms with Gasteiger partial charge in [0, 0.05) is 12.3 Å². The van der Waals surface area contributed by atoms with E-state index in [0.717, 1.165) is 5.56 Å². The molecule has 5 nitrogen and oxygen atoms in total. The van der Waals surface area contributed by atoms with Crippen LogP contribution in [0.15, 0.2) is 36.4 Å². The highest BCUT2D eigenvalue weighted by atomic mass is 16.5. The van der Waals surface area contributed by atoms with E-state index < -0.39 is 5.97 Å². The molecule has 2 aromatic rings. The zero-order chi connectivity index (χ0) is 15.4. The molecule has 4 N–H and O–H groups in total. The van der Waals surface area contributed by atoms with Gasteiger partial charge in [-0.2, -0.15) is 0 Å². The number of carboxylic acids is 1. The number of aryl methyl sites for hydroxylation is 1. The third-order valence-electron chi connectivity index (χ3n) is 3.17. The second-order valence-electron chi connectivity index (χ2n) is 4.69. The summed E-state index contributed by atoms with van der Waals surface area (Å²) < 4.78 is 5.76. The maximum Gasteiger partial charge on any atom is 0.337 e. The molecule has 0 aromatic heterocycles. The third-order valence-corrected chi connectivity index (χ3v) is 3.17. The monoisotopic (exact) mass is 287 g/mol. The van der Waals surface area contributed by atoms with E-state index in [-0.39, 0.29) is 17.9 Å². The van der Waals surface area contributed by atoms with Crippen LogP contribution in [0, 0.1) is 6.92 Å². The molecule has 5 heteroatoms. The lowest BCUT2D eigenvalue weighted by molar-refractivity contribution is 0.0697. The fourth-order valence-corrected chi connectivity index (χ4v) is 2.06. The molecule has 0 saturated heterocycles. The Hall–Kier alpha value is -2.53. The van der Waals surface area contributed by atoms with Crippen molar-refractivity contribution in [3.05, 3.63) is 53.1 Å². The summed E-state index contributed by atoms with van der Waals surface area (Å²) in [5.41, 5.74) is 7.50. The van der Waals surface area contributed by atoms with Crippen molar-refractivity contribution >= 4 is 11.7 Å². The Morgan fingerprint density at radius 1 is 1.29 bits per heavy atom. The number of para-hydroxylation sites is 1. The first-order valence-corrected chi connectivity index (χ1v) is 6.53. The van der Waals surface area contributed by atoms with E-state index in [0.29, 0.717) is 23.5 Å². The van der Waals surface area contributed by atoms with Gasteiger partial charge in [0.2, 0.25) is 0 Å². The van der Waals surface area contributed by atoms with Crippen molar-refractivity contribution < 1.29 is 19.7 Å². The van der Waals surface area contributed by atoms with E-state index >= 15 is 0 Å². The SMILES string of the molecule is Cc1cc(Oc2ccccc2CCO)cc(C(=O)O)c1N. The van der Waals surface area contributed by atoms with Gasteiger partial charge in [0.05, 0.1) is 5.56 Å². The van der Waals surface area contributed by atoms with Crippen LogP contribution in [-0.4, -0.2) is 22.8 Å². The van der Waals surface area contributed by atoms with Crippen LogP contribution in [0.3, 0.4) is 0 Å². The van der Waals surface area contributed by atoms with E-state index in [1.54, 1.807) is 19.1 Å². The Morgan fingerprint density at radius 2 is 2.00 bits per heavy atom. The second-order valence-corrected chi connectivity index (χ2v) is 4.69. The molecule has 0 radical (unpaired) electrons. The van der Waals surface area contributed by atoms with Gasteiger partial charge in [0.1, 0.15) is 11.5 Å². The molecule has 0 heterocycles. The van der Waals surface area contributed by atoms with E-state index in [4.69, 9.17) is 20.7 Å². The summed E-state index contributed by atoms with van der Waals surface area (Å²) in [7, 11) is 0. The molecular formula is C16H17NO4. The molecule has 0 aliphatic heterocycles. The van der Waals surface area contributed by atoms with Crippen LogP contribution in [-0.2, 0) is 6.42 Å². The number of hydrogen-bond acceptors (Lipinski definition) is 4. The summed E-state index contributed by atoms with van der Waals surface area (Å²) in [5.74, 6) is -0.0961. The van der Waals surface area contributed by atoms with Crippen LogP contribution in [0.2, 0.25) is 0 Å². The van der Waals surface area contributed by atoms with Gasteiger partial charge < -0.3 is 20.7 Å². The number of ether oxygens (including phenoxy) is 1. The number of hydrogen-bond donors (Lipinski definition) is 3. The lowest BCUT2D eigenvalue weighted by Crippen LogP contribution is -2.05. The average Bonchev–Trinajstić information content (AvgIpc) is 2.44. The molecule has 0 bridgehead atoms. The number of carbonyl (C=O) groups is 1. The lowest BCUT2D eigenvalue weighted by Gasteiger charge is -2.13. The molecule has 110 valence electrons. The quantitative estimate of drug-likeness (QED) is 0.735. The highest BCUT2D eigenvalue weighted by Crippen LogP contribution is 2.30. The zero-order valence-electron chi connectivity index (χ0n) is 11.7. The van der Waals surface area contributed by atoms with Crippen LogP contribution in [0.5, 0.6) is 11.5 Å². The van der Waals surface area contributed by atoms with E-state index in [1.165, 1.54) is 6.07 Å². The summed E-state index contributed by atoms with van der Waals surface area (Å²) in [5, 5.41) is 18.2. The molecule has 0 spiro atoms. The largest absolute Gasteiger partial charge is 0.478 e. The van der Waals surface area contributed by atoms with Crippen molar-refractivity contribution in [1.82, 2.24) is 0 Å². The maximum absolute atomic E-state index is 11.2. The Labute approximate surface area is 122 Å². The number of nitrogens with two attached hydrogens (primary N) is 1. The minimum absolute atomic E-state index is 0.0154. The number of nitrogen functional groups attached to an aromatic ring is 1. The average molecular weight is 287 g/mol. The van der Waals surface area contributed by atoms with Gasteiger partial charge in [-0.25, -0.2) is 4.79 Å². The van der Waals surface area contributed by atoms with Gasteiger partial charge in [-0.1, -0.05) is 18.2 Å². The minimum atomic E-state index is -1.09. The third kappa shape index (κ3) is 3.32. The van der Waals surface area contributed by atoms with Gasteiger partial charge in [-0.05, 0) is 42.7 Å². The van der Waals surface area contributed by atoms with Crippen LogP contribution in [0.1, 0.15) is 21.5 Å². The molecule has 0 unspecified atom stereocenters. The lowest BCUT2D eigenvalue weighted by atomic mass is 10.1. The van der Waals surface area contributed by atoms with Crippen LogP contribution in [0.4, 0.5) is 5.69 Å². The van der Waals surface area contributed by atoms with Crippen LogP contribution in [0.25, 0.3) is 0 Å². The minimum Gasteiger partial charge on any atom is -0.478 e. The van der Waals surface area contributed by atoms with Crippen molar-refractivity contribution in [3.63, 3.8) is 0 Å². The van der Waals surface area contributed by atoms with Crippen molar-refractivity contribution in [1.29, 1.82) is 0 Å². The predicted octanol–water partition coefficient (Wildman–Crippen LogP) is 2.60. The van der Waals surface area contributed by atoms with Gasteiger partial charge in [0.15, 0.2) is 0 Å². The summed E-state index contributed by atoms with van der Waals surface area (Å²) in [6.07, 6.45) is 0.468. The van der Waals surface area contributed by atoms with Crippen LogP contribution >= 0.6 is 0 Å². The predicted molar refractivity (Wildman–Crippen MR) is 79.9 cm³/mol. The normalized spacial score (nSPS) is 10.4. The molecule has 0 aliphatic rings. The first kappa shape index (κ1) is 14.9. The standard InChI is InChI=1S/C16H17NO4/c1-10-8-12(9-13(15(10)17)16(19)20)21-14-5-3-2-4-11(14)6-7-18/h2-5,8-9,18H,6-7,17H2,1H3,(H,19,20). The fraction of sp³-hybridized carbons (Fsp3) is 0.188. The molecule has 0 aliphatic carbocycles. The van der Waals surface area contributed by atoms with E-state index in [1.807, 2.05) is 18.2 Å². The molecule has 0 saturated carbocycles. The summed E-state index contributed by atoms with van der Waals surface area (Å²) >= 11 is 0. The Bertz CT molecular complexity index is 667. The summed E-state index contributed by atoms with van der Waals surface area (Å²) in [6.45, 7) is 1.75. The molecular weight excluding hydrogens is 270 g/mol. The Balaban J connectivity index is 2.38. The second kappa shape index (κ2) is 6.28. The first-order valence-electron chi connectivity index (χ1n) is 6.53. The van der Waals surface area contributed by atoms with Crippen molar-refractivity contribution in [2.24, 2.45) is 0 Å². The van der Waals surface area contributed by atoms with E-state index in [9.17, 15) is 4.79 Å². The Morgan fingerprint density at radius 3 is 2.67 bits per heavy atom. The van der Waals surface area contributed by atoms with Crippen molar-refractivity contribution in [2.75, 3.05) is 12.3 Å². The Kier molecular flexibility index (Phi) is 4.45. The van der Waals surface area contributed by atoms with Crippen LogP contribution < -0.4 is 10.5 Å². The van der Waals surface area contributed by atoms with Gasteiger partial charge >= 0.3 is 5.97 Å². The molecule has 2 rings (SSSR count). The van der Waals surface area contributed by atoms with Crippen molar-refractivity contribution in [2.45, 2.75) is 13.3 Å². The summed E-state index contributed by atoms with van der Waals surface area (Å²) in [6, 6.07) is 10.4. The number of aliphatic hydroxyl groups excluding tert-OH is 1. The molecule has 0 fully saturated rings. The first-order chi connectivity index (χ1) is 10.0. The number of rotatable bonds is 5. The topological polar surface area (TPSA) is 92.8 Å². The van der Waals surface area contributed by atoms with Gasteiger partial charge in [0.25, 0.3) is 0 Å². The van der Waals surface area contributed by atoms with Gasteiger partial charge in [-0.15, -0.1) is 0 Å². The molecule has 0 atom stereocenters. The summed E-state index contributed by atoms with van der Waals surface area (Å²) in [4.78, 5) is 11.2. The van der Waals surface area contributed by atoms with Gasteiger partial charge in [-0.3, -0.25) is 0 Å². The zero-order valence-corrected chi connectivity index (χ0v) is 11.7. The number of aromatic carboxylic acids is 1. The highest BCUT2D eigenvalue weighted by molar-refractivity contribution is 5.95. The molecule has 21 heavy (non-hydrogen) atoms.